The van der Waals surface area contributed by atoms with Crippen LogP contribution in [0.15, 0.2) is 54.6 Å². The van der Waals surface area contributed by atoms with E-state index >= 15 is 0 Å². The van der Waals surface area contributed by atoms with E-state index in [9.17, 15) is 19.7 Å². The van der Waals surface area contributed by atoms with Crippen molar-refractivity contribution in [3.63, 3.8) is 0 Å². The van der Waals surface area contributed by atoms with Gasteiger partial charge >= 0.3 is 12.1 Å². The minimum absolute atomic E-state index is 0.0507. The SMILES string of the molecule is C[C@H](CCC(=O)OCc1ccccc1)[C@H]1CC[C@H]2C3CC[C@@H]4C[C@@H](OC(=O)Oc5ccc([N+](=O)[O-])cc5)CC[C@]4(C)[C@H]3CCC12C. The zero-order chi connectivity index (χ0) is 32.5. The predicted octanol–water partition coefficient (Wildman–Crippen LogP) is 9.30. The number of hydrogen-bond donors (Lipinski definition) is 0. The summed E-state index contributed by atoms with van der Waals surface area (Å²) in [7, 11) is 0. The van der Waals surface area contributed by atoms with E-state index in [2.05, 4.69) is 20.8 Å². The van der Waals surface area contributed by atoms with Crippen molar-refractivity contribution in [2.75, 3.05) is 0 Å². The molecule has 2 unspecified atom stereocenters. The number of ether oxygens (including phenoxy) is 3. The van der Waals surface area contributed by atoms with Crippen LogP contribution in [0.4, 0.5) is 10.5 Å². The number of nitrogens with zero attached hydrogens (tertiary/aromatic N) is 1. The van der Waals surface area contributed by atoms with Gasteiger partial charge in [0.2, 0.25) is 0 Å². The molecule has 9 atom stereocenters. The maximum atomic E-state index is 12.6. The summed E-state index contributed by atoms with van der Waals surface area (Å²) in [5.41, 5.74) is 1.57. The van der Waals surface area contributed by atoms with Crippen molar-refractivity contribution in [1.82, 2.24) is 0 Å². The molecule has 0 aromatic heterocycles. The molecule has 8 nitrogen and oxygen atoms in total. The van der Waals surface area contributed by atoms with Gasteiger partial charge in [-0.1, -0.05) is 51.1 Å². The first-order chi connectivity index (χ1) is 22.1. The van der Waals surface area contributed by atoms with Crippen molar-refractivity contribution in [2.24, 2.45) is 46.3 Å². The average molecular weight is 632 g/mol. The Morgan fingerprint density at radius 1 is 0.913 bits per heavy atom. The van der Waals surface area contributed by atoms with Gasteiger partial charge in [-0.15, -0.1) is 0 Å². The Morgan fingerprint density at radius 2 is 1.63 bits per heavy atom. The molecule has 0 saturated heterocycles. The highest BCUT2D eigenvalue weighted by molar-refractivity contribution is 5.69. The topological polar surface area (TPSA) is 105 Å². The molecule has 0 amide bonds. The molecule has 4 saturated carbocycles. The third kappa shape index (κ3) is 6.54. The maximum absolute atomic E-state index is 12.6. The van der Waals surface area contributed by atoms with Gasteiger partial charge in [-0.3, -0.25) is 14.9 Å². The monoisotopic (exact) mass is 631 g/mol. The highest BCUT2D eigenvalue weighted by atomic mass is 16.7. The Labute approximate surface area is 272 Å². The van der Waals surface area contributed by atoms with Gasteiger partial charge in [0.15, 0.2) is 0 Å². The summed E-state index contributed by atoms with van der Waals surface area (Å²) in [5, 5.41) is 10.9. The molecular formula is C38H49NO7. The molecule has 2 aromatic carbocycles. The molecule has 0 aliphatic heterocycles. The summed E-state index contributed by atoms with van der Waals surface area (Å²) in [6.45, 7) is 7.78. The highest BCUT2D eigenvalue weighted by Gasteiger charge is 2.60. The summed E-state index contributed by atoms with van der Waals surface area (Å²) in [6, 6.07) is 15.4. The summed E-state index contributed by atoms with van der Waals surface area (Å²) < 4.78 is 16.7. The smallest absolute Gasteiger partial charge is 0.461 e. The molecule has 6 rings (SSSR count). The Kier molecular flexibility index (Phi) is 9.45. The summed E-state index contributed by atoms with van der Waals surface area (Å²) in [6.07, 6.45) is 10.8. The maximum Gasteiger partial charge on any atom is 0.514 e. The lowest BCUT2D eigenvalue weighted by Crippen LogP contribution is -2.54. The Balaban J connectivity index is 1.00. The number of hydrogen-bond acceptors (Lipinski definition) is 7. The first kappa shape index (κ1) is 32.5. The normalized spacial score (nSPS) is 33.9. The van der Waals surface area contributed by atoms with Crippen molar-refractivity contribution in [3.05, 3.63) is 70.3 Å². The number of benzene rings is 2. The van der Waals surface area contributed by atoms with Gasteiger partial charge in [-0.25, -0.2) is 4.79 Å². The van der Waals surface area contributed by atoms with E-state index in [0.717, 1.165) is 43.1 Å². The van der Waals surface area contributed by atoms with Crippen LogP contribution in [0.25, 0.3) is 0 Å². The van der Waals surface area contributed by atoms with Crippen LogP contribution < -0.4 is 4.74 Å². The number of carbonyl (C=O) groups excluding carboxylic acids is 2. The number of carbonyl (C=O) groups is 2. The zero-order valence-electron chi connectivity index (χ0n) is 27.5. The van der Waals surface area contributed by atoms with Gasteiger partial charge in [-0.05, 0) is 128 Å². The van der Waals surface area contributed by atoms with Crippen molar-refractivity contribution >= 4 is 17.8 Å². The van der Waals surface area contributed by atoms with Gasteiger partial charge in [0.25, 0.3) is 5.69 Å². The fourth-order valence-electron chi connectivity index (χ4n) is 10.6. The van der Waals surface area contributed by atoms with E-state index in [0.29, 0.717) is 42.1 Å². The Hall–Kier alpha value is -3.42. The predicted molar refractivity (Wildman–Crippen MR) is 174 cm³/mol. The van der Waals surface area contributed by atoms with Gasteiger partial charge in [0, 0.05) is 18.6 Å². The second-order valence-corrected chi connectivity index (χ2v) is 15.2. The third-order valence-corrected chi connectivity index (χ3v) is 12.9. The van der Waals surface area contributed by atoms with Crippen LogP contribution in [-0.4, -0.2) is 23.2 Å². The number of esters is 1. The number of nitro groups is 1. The van der Waals surface area contributed by atoms with Gasteiger partial charge < -0.3 is 14.2 Å². The standard InChI is InChI=1S/C38H49NO7/c1-25(9-18-35(40)44-24-26-7-5-4-6-8-26)32-16-17-33-31-15-10-27-23-30(19-21-37(27,2)34(31)20-22-38(32,33)3)46-36(41)45-29-13-11-28(12-14-29)39(42)43/h4-8,11-14,25,27,30-34H,9-10,15-24H2,1-3H3/t25-,27-,30+,31?,32-,33+,34+,37+,38?/m1/s1. The molecule has 46 heavy (non-hydrogen) atoms. The van der Waals surface area contributed by atoms with Crippen LogP contribution >= 0.6 is 0 Å². The van der Waals surface area contributed by atoms with Crippen molar-refractivity contribution in [2.45, 2.75) is 104 Å². The van der Waals surface area contributed by atoms with Crippen molar-refractivity contribution < 1.29 is 28.7 Å². The second kappa shape index (κ2) is 13.4. The van der Waals surface area contributed by atoms with Crippen LogP contribution in [-0.2, 0) is 20.9 Å². The lowest BCUT2D eigenvalue weighted by molar-refractivity contribution is -0.384. The fraction of sp³-hybridized carbons (Fsp3) is 0.632. The van der Waals surface area contributed by atoms with Crippen molar-refractivity contribution in [3.8, 4) is 5.75 Å². The molecule has 4 fully saturated rings. The molecule has 8 heteroatoms. The first-order valence-electron chi connectivity index (χ1n) is 17.4. The highest BCUT2D eigenvalue weighted by Crippen LogP contribution is 2.68. The van der Waals surface area contributed by atoms with Crippen LogP contribution in [0.3, 0.4) is 0 Å². The van der Waals surface area contributed by atoms with E-state index < -0.39 is 11.1 Å². The number of nitro benzene ring substituents is 1. The number of fused-ring (bicyclic) bond motifs is 5. The Bertz CT molecular complexity index is 1400. The Morgan fingerprint density at radius 3 is 2.37 bits per heavy atom. The molecule has 248 valence electrons. The molecule has 2 aromatic rings. The van der Waals surface area contributed by atoms with Gasteiger partial charge in [0.05, 0.1) is 4.92 Å². The van der Waals surface area contributed by atoms with E-state index in [1.165, 1.54) is 62.8 Å². The first-order valence-corrected chi connectivity index (χ1v) is 17.4. The molecule has 0 bridgehead atoms. The average Bonchev–Trinajstić information content (AvgIpc) is 3.41. The van der Waals surface area contributed by atoms with Crippen LogP contribution in [0.2, 0.25) is 0 Å². The largest absolute Gasteiger partial charge is 0.514 e. The minimum atomic E-state index is -0.736. The van der Waals surface area contributed by atoms with Crippen LogP contribution in [0.5, 0.6) is 5.75 Å². The van der Waals surface area contributed by atoms with Crippen molar-refractivity contribution in [1.29, 1.82) is 0 Å². The lowest BCUT2D eigenvalue weighted by atomic mass is 9.44. The van der Waals surface area contributed by atoms with E-state index in [1.807, 2.05) is 30.3 Å². The second-order valence-electron chi connectivity index (χ2n) is 15.2. The molecule has 4 aliphatic carbocycles. The van der Waals surface area contributed by atoms with Crippen LogP contribution in [0, 0.1) is 56.5 Å². The minimum Gasteiger partial charge on any atom is -0.461 e. The molecule has 0 heterocycles. The van der Waals surface area contributed by atoms with Gasteiger partial charge in [-0.2, -0.15) is 0 Å². The molecule has 0 radical (unpaired) electrons. The molecule has 0 N–H and O–H groups in total. The summed E-state index contributed by atoms with van der Waals surface area (Å²) in [5.74, 6) is 4.03. The molecule has 4 aliphatic rings. The van der Waals surface area contributed by atoms with Crippen LogP contribution in [0.1, 0.15) is 97.0 Å². The van der Waals surface area contributed by atoms with E-state index in [1.54, 1.807) is 0 Å². The summed E-state index contributed by atoms with van der Waals surface area (Å²) >= 11 is 0. The number of non-ortho nitro benzene ring substituents is 1. The van der Waals surface area contributed by atoms with Gasteiger partial charge in [0.1, 0.15) is 18.5 Å². The van der Waals surface area contributed by atoms with E-state index in [4.69, 9.17) is 14.2 Å². The summed E-state index contributed by atoms with van der Waals surface area (Å²) in [4.78, 5) is 35.6. The lowest BCUT2D eigenvalue weighted by Gasteiger charge is -2.61. The number of rotatable bonds is 9. The molecule has 0 spiro atoms. The quantitative estimate of drug-likeness (QED) is 0.118. The van der Waals surface area contributed by atoms with E-state index in [-0.39, 0.29) is 28.9 Å². The molecular weight excluding hydrogens is 582 g/mol. The zero-order valence-corrected chi connectivity index (χ0v) is 27.5. The fourth-order valence-corrected chi connectivity index (χ4v) is 10.6. The third-order valence-electron chi connectivity index (χ3n) is 12.9.